The van der Waals surface area contributed by atoms with Crippen molar-refractivity contribution in [2.75, 3.05) is 18.5 Å². The first kappa shape index (κ1) is 13.1. The lowest BCUT2D eigenvalue weighted by Gasteiger charge is -2.19. The van der Waals surface area contributed by atoms with Gasteiger partial charge < -0.3 is 14.8 Å². The second kappa shape index (κ2) is 5.59. The van der Waals surface area contributed by atoms with E-state index in [1.54, 1.807) is 12.1 Å². The minimum atomic E-state index is -0.420. The zero-order valence-electron chi connectivity index (χ0n) is 10.7. The van der Waals surface area contributed by atoms with E-state index in [-0.39, 0.29) is 5.02 Å². The number of benzene rings is 2. The molecule has 0 aromatic heterocycles. The molecule has 0 atom stereocenters. The van der Waals surface area contributed by atoms with Gasteiger partial charge in [-0.25, -0.2) is 4.39 Å². The highest BCUT2D eigenvalue weighted by Gasteiger charge is 2.11. The number of nitrogens with one attached hydrogen (secondary N) is 1. The van der Waals surface area contributed by atoms with E-state index in [9.17, 15) is 4.39 Å². The topological polar surface area (TPSA) is 30.5 Å². The van der Waals surface area contributed by atoms with Crippen molar-refractivity contribution >= 4 is 17.3 Å². The molecule has 0 saturated carbocycles. The monoisotopic (exact) mass is 293 g/mol. The fraction of sp³-hybridized carbons (Fsp3) is 0.200. The Morgan fingerprint density at radius 1 is 1.05 bits per heavy atom. The Hall–Kier alpha value is -1.94. The van der Waals surface area contributed by atoms with Crippen LogP contribution in [0.3, 0.4) is 0 Å². The standard InChI is InChI=1S/C15H13ClFNO2/c16-12-8-11(2-3-13(12)17)18-9-10-1-4-14-15(7-10)20-6-5-19-14/h1-4,7-8,18H,5-6,9H2. The summed E-state index contributed by atoms with van der Waals surface area (Å²) in [7, 11) is 0. The molecule has 20 heavy (non-hydrogen) atoms. The molecule has 2 aromatic rings. The second-order valence-corrected chi connectivity index (χ2v) is 4.87. The number of fused-ring (bicyclic) bond motifs is 1. The van der Waals surface area contributed by atoms with Gasteiger partial charge in [0.25, 0.3) is 0 Å². The van der Waals surface area contributed by atoms with Crippen molar-refractivity contribution in [3.05, 3.63) is 52.8 Å². The summed E-state index contributed by atoms with van der Waals surface area (Å²) in [6, 6.07) is 10.4. The van der Waals surface area contributed by atoms with Gasteiger partial charge in [0, 0.05) is 12.2 Å². The Bertz CT molecular complexity index is 633. The van der Waals surface area contributed by atoms with Gasteiger partial charge in [0.15, 0.2) is 11.5 Å². The summed E-state index contributed by atoms with van der Waals surface area (Å²) in [4.78, 5) is 0. The molecule has 0 amide bonds. The van der Waals surface area contributed by atoms with Crippen molar-refractivity contribution in [1.29, 1.82) is 0 Å². The molecule has 5 heteroatoms. The molecule has 1 aliphatic heterocycles. The number of ether oxygens (including phenoxy) is 2. The van der Waals surface area contributed by atoms with Crippen LogP contribution in [0.25, 0.3) is 0 Å². The van der Waals surface area contributed by atoms with Gasteiger partial charge in [0.2, 0.25) is 0 Å². The molecule has 0 saturated heterocycles. The average Bonchev–Trinajstić information content (AvgIpc) is 2.48. The Morgan fingerprint density at radius 3 is 2.65 bits per heavy atom. The van der Waals surface area contributed by atoms with Crippen molar-refractivity contribution in [3.63, 3.8) is 0 Å². The van der Waals surface area contributed by atoms with E-state index in [1.807, 2.05) is 18.2 Å². The van der Waals surface area contributed by atoms with Gasteiger partial charge in [-0.15, -0.1) is 0 Å². The van der Waals surface area contributed by atoms with Gasteiger partial charge in [0.05, 0.1) is 5.02 Å². The molecular weight excluding hydrogens is 281 g/mol. The zero-order valence-corrected chi connectivity index (χ0v) is 11.4. The lowest BCUT2D eigenvalue weighted by atomic mass is 10.2. The minimum absolute atomic E-state index is 0.108. The lowest BCUT2D eigenvalue weighted by molar-refractivity contribution is 0.171. The molecule has 104 valence electrons. The maximum absolute atomic E-state index is 13.1. The molecule has 0 radical (unpaired) electrons. The molecule has 3 nitrogen and oxygen atoms in total. The van der Waals surface area contributed by atoms with E-state index in [0.717, 1.165) is 22.7 Å². The smallest absolute Gasteiger partial charge is 0.161 e. The Labute approximate surface area is 121 Å². The van der Waals surface area contributed by atoms with Crippen LogP contribution in [0.5, 0.6) is 11.5 Å². The second-order valence-electron chi connectivity index (χ2n) is 4.46. The molecule has 0 unspecified atom stereocenters. The van der Waals surface area contributed by atoms with Crippen LogP contribution in [0.4, 0.5) is 10.1 Å². The van der Waals surface area contributed by atoms with Gasteiger partial charge in [-0.05, 0) is 35.9 Å². The van der Waals surface area contributed by atoms with E-state index < -0.39 is 5.82 Å². The number of anilines is 1. The maximum atomic E-state index is 13.1. The molecule has 1 heterocycles. The summed E-state index contributed by atoms with van der Waals surface area (Å²) < 4.78 is 24.1. The molecule has 0 aliphatic carbocycles. The number of hydrogen-bond acceptors (Lipinski definition) is 3. The normalized spacial score (nSPS) is 13.1. The first-order valence-electron chi connectivity index (χ1n) is 6.30. The van der Waals surface area contributed by atoms with Crippen LogP contribution >= 0.6 is 11.6 Å². The quantitative estimate of drug-likeness (QED) is 0.932. The molecule has 0 bridgehead atoms. The van der Waals surface area contributed by atoms with Crippen molar-refractivity contribution < 1.29 is 13.9 Å². The van der Waals surface area contributed by atoms with E-state index in [0.29, 0.717) is 19.8 Å². The third-order valence-electron chi connectivity index (χ3n) is 3.02. The van der Waals surface area contributed by atoms with Crippen LogP contribution < -0.4 is 14.8 Å². The maximum Gasteiger partial charge on any atom is 0.161 e. The average molecular weight is 294 g/mol. The Balaban J connectivity index is 1.70. The predicted octanol–water partition coefficient (Wildman–Crippen LogP) is 3.86. The van der Waals surface area contributed by atoms with Crippen LogP contribution in [0.1, 0.15) is 5.56 Å². The summed E-state index contributed by atoms with van der Waals surface area (Å²) in [5.41, 5.74) is 1.82. The molecule has 3 rings (SSSR count). The van der Waals surface area contributed by atoms with Crippen LogP contribution in [-0.4, -0.2) is 13.2 Å². The third kappa shape index (κ3) is 2.80. The van der Waals surface area contributed by atoms with Gasteiger partial charge in [-0.2, -0.15) is 0 Å². The summed E-state index contributed by atoms with van der Waals surface area (Å²) in [6.07, 6.45) is 0. The Kier molecular flexibility index (Phi) is 3.65. The number of rotatable bonds is 3. The van der Waals surface area contributed by atoms with Gasteiger partial charge in [-0.3, -0.25) is 0 Å². The van der Waals surface area contributed by atoms with Gasteiger partial charge >= 0.3 is 0 Å². The highest BCUT2D eigenvalue weighted by molar-refractivity contribution is 6.31. The highest BCUT2D eigenvalue weighted by Crippen LogP contribution is 2.31. The fourth-order valence-corrected chi connectivity index (χ4v) is 2.19. The largest absolute Gasteiger partial charge is 0.486 e. The molecule has 0 spiro atoms. The molecule has 1 N–H and O–H groups in total. The van der Waals surface area contributed by atoms with E-state index in [4.69, 9.17) is 21.1 Å². The molecule has 0 fully saturated rings. The lowest BCUT2D eigenvalue weighted by Crippen LogP contribution is -2.15. The number of hydrogen-bond donors (Lipinski definition) is 1. The van der Waals surface area contributed by atoms with Crippen molar-refractivity contribution in [2.45, 2.75) is 6.54 Å². The zero-order chi connectivity index (χ0) is 13.9. The van der Waals surface area contributed by atoms with Crippen LogP contribution in [-0.2, 0) is 6.54 Å². The molecule has 1 aliphatic rings. The van der Waals surface area contributed by atoms with Crippen LogP contribution in [0.15, 0.2) is 36.4 Å². The molecular formula is C15H13ClFNO2. The third-order valence-corrected chi connectivity index (χ3v) is 3.31. The Morgan fingerprint density at radius 2 is 1.85 bits per heavy atom. The number of halogens is 2. The summed E-state index contributed by atoms with van der Waals surface area (Å²) >= 11 is 5.74. The summed E-state index contributed by atoms with van der Waals surface area (Å²) in [5.74, 6) is 1.11. The fourth-order valence-electron chi connectivity index (χ4n) is 2.01. The molecule has 2 aromatic carbocycles. The van der Waals surface area contributed by atoms with Crippen molar-refractivity contribution in [1.82, 2.24) is 0 Å². The van der Waals surface area contributed by atoms with Crippen LogP contribution in [0, 0.1) is 5.82 Å². The van der Waals surface area contributed by atoms with Crippen LogP contribution in [0.2, 0.25) is 5.02 Å². The van der Waals surface area contributed by atoms with E-state index >= 15 is 0 Å². The van der Waals surface area contributed by atoms with E-state index in [1.165, 1.54) is 6.07 Å². The highest BCUT2D eigenvalue weighted by atomic mass is 35.5. The SMILES string of the molecule is Fc1ccc(NCc2ccc3c(c2)OCCO3)cc1Cl. The summed E-state index contributed by atoms with van der Waals surface area (Å²) in [6.45, 7) is 1.74. The first-order valence-corrected chi connectivity index (χ1v) is 6.67. The predicted molar refractivity (Wildman–Crippen MR) is 76.2 cm³/mol. The van der Waals surface area contributed by atoms with Gasteiger partial charge in [0.1, 0.15) is 19.0 Å². The van der Waals surface area contributed by atoms with Crippen molar-refractivity contribution in [2.24, 2.45) is 0 Å². The van der Waals surface area contributed by atoms with E-state index in [2.05, 4.69) is 5.32 Å². The van der Waals surface area contributed by atoms with Crippen molar-refractivity contribution in [3.8, 4) is 11.5 Å². The van der Waals surface area contributed by atoms with Gasteiger partial charge in [-0.1, -0.05) is 17.7 Å². The minimum Gasteiger partial charge on any atom is -0.486 e. The summed E-state index contributed by atoms with van der Waals surface area (Å²) in [5, 5.41) is 3.30. The first-order chi connectivity index (χ1) is 9.72.